The van der Waals surface area contributed by atoms with Crippen LogP contribution in [0.3, 0.4) is 0 Å². The second kappa shape index (κ2) is 26.6. The van der Waals surface area contributed by atoms with Crippen molar-refractivity contribution < 1.29 is 48.1 Å². The Labute approximate surface area is 255 Å². The Kier molecular flexibility index (Phi) is 25.5. The van der Waals surface area contributed by atoms with E-state index in [0.717, 1.165) is 0 Å². The molecule has 0 saturated carbocycles. The molecular weight excluding hydrogens is 568 g/mol. The third kappa shape index (κ3) is 26.3. The number of nitrogens with zero attached hydrogens (tertiary/aromatic N) is 6. The van der Waals surface area contributed by atoms with Gasteiger partial charge in [-0.2, -0.15) is 0 Å². The molecule has 0 saturated heterocycles. The lowest BCUT2D eigenvalue weighted by Crippen LogP contribution is -2.30. The Hall–Kier alpha value is -1.78. The molecule has 0 aliphatic heterocycles. The number of aliphatic hydroxyl groups excluding tert-OH is 2. The van der Waals surface area contributed by atoms with Crippen molar-refractivity contribution in [2.24, 2.45) is 10.2 Å². The van der Waals surface area contributed by atoms with Gasteiger partial charge >= 0.3 is 0 Å². The number of ether oxygens (including phenoxy) is 8. The number of hydrogen-bond donors (Lipinski definition) is 2. The first kappa shape index (κ1) is 41.2. The summed E-state index contributed by atoms with van der Waals surface area (Å²) in [5.41, 5.74) is 16.5. The van der Waals surface area contributed by atoms with Crippen LogP contribution in [-0.4, -0.2) is 138 Å². The van der Waals surface area contributed by atoms with E-state index in [1.807, 2.05) is 48.5 Å². The van der Waals surface area contributed by atoms with Crippen LogP contribution in [-0.2, 0) is 37.9 Å². The second-order valence-corrected chi connectivity index (χ2v) is 10.7. The van der Waals surface area contributed by atoms with E-state index in [4.69, 9.17) is 49.0 Å². The summed E-state index contributed by atoms with van der Waals surface area (Å²) < 4.78 is 45.7. The molecule has 0 spiro atoms. The van der Waals surface area contributed by atoms with Gasteiger partial charge in [0.1, 0.15) is 0 Å². The molecule has 0 aliphatic carbocycles. The molecule has 9 atom stereocenters. The highest BCUT2D eigenvalue weighted by Crippen LogP contribution is 2.05. The van der Waals surface area contributed by atoms with Crippen LogP contribution in [0.25, 0.3) is 20.9 Å². The van der Waals surface area contributed by atoms with Gasteiger partial charge in [-0.05, 0) is 59.5 Å². The summed E-state index contributed by atoms with van der Waals surface area (Å²) >= 11 is 0. The molecule has 16 heteroatoms. The van der Waals surface area contributed by atoms with Crippen LogP contribution >= 0.6 is 0 Å². The monoisotopic (exact) mass is 622 g/mol. The smallest absolute Gasteiger partial charge is 0.0830 e. The topological polar surface area (TPSA) is 212 Å². The van der Waals surface area contributed by atoms with Gasteiger partial charge in [0, 0.05) is 9.82 Å². The molecule has 0 aromatic heterocycles. The average molecular weight is 623 g/mol. The molecule has 0 aromatic rings. The van der Waals surface area contributed by atoms with Gasteiger partial charge in [-0.25, -0.2) is 0 Å². The number of azide groups is 2. The van der Waals surface area contributed by atoms with E-state index >= 15 is 0 Å². The molecule has 0 aromatic carbocycles. The van der Waals surface area contributed by atoms with Crippen LogP contribution in [0.5, 0.6) is 0 Å². The molecule has 0 radical (unpaired) electrons. The van der Waals surface area contributed by atoms with E-state index in [0.29, 0.717) is 46.2 Å². The molecule has 0 heterocycles. The Balaban J connectivity index is 3.90. The maximum Gasteiger partial charge on any atom is 0.0830 e. The predicted molar refractivity (Wildman–Crippen MR) is 159 cm³/mol. The lowest BCUT2D eigenvalue weighted by molar-refractivity contribution is -0.109. The Bertz CT molecular complexity index is 775. The first-order chi connectivity index (χ1) is 20.5. The lowest BCUT2D eigenvalue weighted by atomic mass is 10.3. The van der Waals surface area contributed by atoms with Crippen LogP contribution in [0.15, 0.2) is 10.2 Å². The summed E-state index contributed by atoms with van der Waals surface area (Å²) in [4.78, 5) is 5.20. The van der Waals surface area contributed by atoms with E-state index in [1.165, 1.54) is 0 Å². The van der Waals surface area contributed by atoms with Gasteiger partial charge in [0.25, 0.3) is 0 Å². The van der Waals surface area contributed by atoms with E-state index < -0.39 is 12.2 Å². The highest BCUT2D eigenvalue weighted by Gasteiger charge is 2.15. The van der Waals surface area contributed by atoms with E-state index in [2.05, 4.69) is 20.1 Å². The minimum Gasteiger partial charge on any atom is -0.391 e. The third-order valence-corrected chi connectivity index (χ3v) is 5.64. The molecule has 0 bridgehead atoms. The molecule has 16 nitrogen and oxygen atoms in total. The third-order valence-electron chi connectivity index (χ3n) is 5.64. The molecule has 0 amide bonds. The van der Waals surface area contributed by atoms with Crippen LogP contribution in [0, 0.1) is 0 Å². The van der Waals surface area contributed by atoms with Gasteiger partial charge in [-0.3, -0.25) is 0 Å². The molecule has 0 aliphatic rings. The van der Waals surface area contributed by atoms with Crippen LogP contribution in [0.2, 0.25) is 0 Å². The van der Waals surface area contributed by atoms with Crippen molar-refractivity contribution in [2.75, 3.05) is 72.6 Å². The summed E-state index contributed by atoms with van der Waals surface area (Å²) in [6, 6.07) is 0. The summed E-state index contributed by atoms with van der Waals surface area (Å²) in [7, 11) is 0. The summed E-state index contributed by atoms with van der Waals surface area (Å²) in [5.74, 6) is 0. The largest absolute Gasteiger partial charge is 0.391 e. The first-order valence-electron chi connectivity index (χ1n) is 14.7. The van der Waals surface area contributed by atoms with Crippen LogP contribution in [0.1, 0.15) is 48.5 Å². The second-order valence-electron chi connectivity index (χ2n) is 10.7. The fourth-order valence-electron chi connectivity index (χ4n) is 3.15. The van der Waals surface area contributed by atoms with E-state index in [9.17, 15) is 10.2 Å². The molecular formula is C27H54N6O10. The molecule has 2 N–H and O–H groups in total. The van der Waals surface area contributed by atoms with Crippen molar-refractivity contribution in [3.8, 4) is 0 Å². The van der Waals surface area contributed by atoms with Crippen molar-refractivity contribution in [1.82, 2.24) is 0 Å². The van der Waals surface area contributed by atoms with Gasteiger partial charge in [-0.15, -0.1) is 0 Å². The maximum absolute atomic E-state index is 9.63. The van der Waals surface area contributed by atoms with Crippen molar-refractivity contribution in [3.63, 3.8) is 0 Å². The lowest BCUT2D eigenvalue weighted by Gasteiger charge is -2.23. The standard InChI is InChI=1S/C27H54N6O10/c1-19(10-36-17-26(34)8-30-32-28)37-11-20(2)38-12-21(3)39-13-22(4)40-14-23(5)41-15-24(6)42-16-25(7)43-18-27(35)9-31-33-29/h19-27,34-35H,8-18H2,1-7H3. The van der Waals surface area contributed by atoms with Gasteiger partial charge < -0.3 is 48.1 Å². The van der Waals surface area contributed by atoms with E-state index in [1.54, 1.807) is 0 Å². The van der Waals surface area contributed by atoms with Crippen molar-refractivity contribution in [1.29, 1.82) is 0 Å². The SMILES string of the molecule is CC(COCC(O)CN=[N+]=[N-])OCC(C)OCC(C)OCC(C)OCC(C)OCC(C)OCC(C)OCC(O)CN=[N+]=[N-]. The minimum atomic E-state index is -0.841. The zero-order valence-corrected chi connectivity index (χ0v) is 26.8. The summed E-state index contributed by atoms with van der Waals surface area (Å²) in [6.45, 7) is 16.1. The van der Waals surface area contributed by atoms with Gasteiger partial charge in [0.15, 0.2) is 0 Å². The molecule has 0 rings (SSSR count). The van der Waals surface area contributed by atoms with Crippen molar-refractivity contribution in [3.05, 3.63) is 20.9 Å². The summed E-state index contributed by atoms with van der Waals surface area (Å²) in [6.07, 6.45) is -2.75. The average Bonchev–Trinajstić information content (AvgIpc) is 2.99. The first-order valence-corrected chi connectivity index (χ1v) is 14.7. The highest BCUT2D eigenvalue weighted by atomic mass is 16.6. The van der Waals surface area contributed by atoms with Crippen LogP contribution < -0.4 is 0 Å². The zero-order chi connectivity index (χ0) is 32.5. The predicted octanol–water partition coefficient (Wildman–Crippen LogP) is 3.18. The molecule has 43 heavy (non-hydrogen) atoms. The van der Waals surface area contributed by atoms with Crippen molar-refractivity contribution >= 4 is 0 Å². The molecule has 9 unspecified atom stereocenters. The highest BCUT2D eigenvalue weighted by molar-refractivity contribution is 4.62. The van der Waals surface area contributed by atoms with Gasteiger partial charge in [0.2, 0.25) is 0 Å². The normalized spacial score (nSPS) is 17.9. The fourth-order valence-corrected chi connectivity index (χ4v) is 3.15. The number of aliphatic hydroxyl groups is 2. The Morgan fingerprint density at radius 3 is 1.00 bits per heavy atom. The Morgan fingerprint density at radius 1 is 0.442 bits per heavy atom. The number of rotatable bonds is 29. The molecule has 252 valence electrons. The quantitative estimate of drug-likeness (QED) is 0.0706. The zero-order valence-electron chi connectivity index (χ0n) is 26.8. The fraction of sp³-hybridized carbons (Fsp3) is 1.00. The molecule has 0 fully saturated rings. The van der Waals surface area contributed by atoms with Gasteiger partial charge in [-0.1, -0.05) is 10.2 Å². The van der Waals surface area contributed by atoms with Crippen molar-refractivity contribution in [2.45, 2.75) is 103 Å². The van der Waals surface area contributed by atoms with Gasteiger partial charge in [0.05, 0.1) is 127 Å². The summed E-state index contributed by atoms with van der Waals surface area (Å²) in [5, 5.41) is 25.8. The Morgan fingerprint density at radius 2 is 0.698 bits per heavy atom. The minimum absolute atomic E-state index is 0.0268. The van der Waals surface area contributed by atoms with Crippen LogP contribution in [0.4, 0.5) is 0 Å². The van der Waals surface area contributed by atoms with E-state index in [-0.39, 0.29) is 69.0 Å². The number of hydrogen-bond acceptors (Lipinski definition) is 12. The maximum atomic E-state index is 9.63.